The molecule has 1 N–H and O–H groups in total. The summed E-state index contributed by atoms with van der Waals surface area (Å²) < 4.78 is 66.8. The van der Waals surface area contributed by atoms with Gasteiger partial charge in [0, 0.05) is 25.6 Å². The smallest absolute Gasteiger partial charge is 0.388 e. The fourth-order valence-corrected chi connectivity index (χ4v) is 4.11. The Labute approximate surface area is 108 Å². The van der Waals surface area contributed by atoms with E-state index >= 15 is 0 Å². The van der Waals surface area contributed by atoms with Crippen molar-refractivity contribution in [3.63, 3.8) is 0 Å². The number of rotatable bonds is 1. The highest BCUT2D eigenvalue weighted by Crippen LogP contribution is 2.45. The normalized spacial score (nSPS) is 38.9. The Hall–Kier alpha value is -0.800. The Morgan fingerprint density at radius 1 is 1.42 bits per heavy atom. The van der Waals surface area contributed by atoms with Crippen LogP contribution in [0, 0.1) is 5.92 Å². The molecule has 3 heterocycles. The second kappa shape index (κ2) is 3.86. The summed E-state index contributed by atoms with van der Waals surface area (Å²) in [6, 6.07) is 0. The third-order valence-electron chi connectivity index (χ3n) is 3.98. The number of ether oxygens (including phenoxy) is 1. The van der Waals surface area contributed by atoms with Gasteiger partial charge in [0.1, 0.15) is 5.60 Å². The number of halogens is 3. The molecule has 2 saturated heterocycles. The van der Waals surface area contributed by atoms with E-state index in [4.69, 9.17) is 4.74 Å². The maximum atomic E-state index is 12.6. The fraction of sp³-hybridized carbons (Fsp3) is 0.800. The minimum atomic E-state index is -5.27. The molecular weight excluding hydrogens is 285 g/mol. The van der Waals surface area contributed by atoms with Crippen molar-refractivity contribution in [3.8, 4) is 0 Å². The minimum Gasteiger partial charge on any atom is -0.388 e. The van der Waals surface area contributed by atoms with Crippen LogP contribution < -0.4 is 5.32 Å². The Bertz CT molecular complexity index is 519. The van der Waals surface area contributed by atoms with Gasteiger partial charge in [-0.1, -0.05) is 0 Å². The molecule has 3 rings (SSSR count). The molecule has 0 aromatic heterocycles. The zero-order valence-corrected chi connectivity index (χ0v) is 10.7. The molecule has 0 unspecified atom stereocenters. The van der Waals surface area contributed by atoms with Gasteiger partial charge in [-0.3, -0.25) is 0 Å². The molecular formula is C10H13F3N2O3S. The van der Waals surface area contributed by atoms with Crippen LogP contribution in [-0.4, -0.2) is 49.6 Å². The largest absolute Gasteiger partial charge is 0.511 e. The van der Waals surface area contributed by atoms with Gasteiger partial charge in [-0.05, 0) is 18.7 Å². The third-order valence-corrected chi connectivity index (χ3v) is 5.52. The van der Waals surface area contributed by atoms with Crippen molar-refractivity contribution in [2.24, 2.45) is 5.92 Å². The lowest BCUT2D eigenvalue weighted by Gasteiger charge is -2.27. The van der Waals surface area contributed by atoms with E-state index in [1.165, 1.54) is 0 Å². The van der Waals surface area contributed by atoms with Crippen molar-refractivity contribution in [2.75, 3.05) is 19.6 Å². The van der Waals surface area contributed by atoms with Gasteiger partial charge in [-0.2, -0.15) is 17.5 Å². The molecule has 19 heavy (non-hydrogen) atoms. The SMILES string of the molecule is O=S(=O)(N1C[C@@H]2C[C@H]3C=CNC[C@]2(C1)O3)C(F)(F)F. The van der Waals surface area contributed by atoms with Crippen molar-refractivity contribution < 1.29 is 26.3 Å². The summed E-state index contributed by atoms with van der Waals surface area (Å²) in [5.74, 6) is -0.202. The van der Waals surface area contributed by atoms with Crippen molar-refractivity contribution in [1.82, 2.24) is 9.62 Å². The lowest BCUT2D eigenvalue weighted by atomic mass is 9.89. The average molecular weight is 298 g/mol. The number of nitrogens with one attached hydrogen (secondary N) is 1. The van der Waals surface area contributed by atoms with Gasteiger partial charge in [-0.25, -0.2) is 8.42 Å². The van der Waals surface area contributed by atoms with E-state index in [1.54, 1.807) is 6.20 Å². The van der Waals surface area contributed by atoms with Crippen LogP contribution in [-0.2, 0) is 14.8 Å². The zero-order chi connectivity index (χ0) is 13.9. The van der Waals surface area contributed by atoms with E-state index in [0.29, 0.717) is 17.3 Å². The van der Waals surface area contributed by atoms with Crippen molar-refractivity contribution >= 4 is 10.0 Å². The maximum absolute atomic E-state index is 12.6. The molecule has 108 valence electrons. The Morgan fingerprint density at radius 3 is 2.84 bits per heavy atom. The average Bonchev–Trinajstić information content (AvgIpc) is 2.64. The van der Waals surface area contributed by atoms with Gasteiger partial charge in [0.2, 0.25) is 0 Å². The predicted octanol–water partition coefficient (Wildman–Crippen LogP) is 0.412. The van der Waals surface area contributed by atoms with E-state index in [0.717, 1.165) is 0 Å². The first kappa shape index (κ1) is 13.2. The topological polar surface area (TPSA) is 58.6 Å². The Morgan fingerprint density at radius 2 is 2.16 bits per heavy atom. The van der Waals surface area contributed by atoms with E-state index in [-0.39, 0.29) is 25.1 Å². The van der Waals surface area contributed by atoms with Crippen molar-refractivity contribution in [1.29, 1.82) is 0 Å². The molecule has 0 radical (unpaired) electrons. The molecule has 3 aliphatic rings. The van der Waals surface area contributed by atoms with Crippen LogP contribution in [0.4, 0.5) is 13.2 Å². The van der Waals surface area contributed by atoms with Gasteiger partial charge in [0.05, 0.1) is 6.10 Å². The summed E-state index contributed by atoms with van der Waals surface area (Å²) in [7, 11) is -5.27. The molecule has 3 atom stereocenters. The van der Waals surface area contributed by atoms with Gasteiger partial charge in [-0.15, -0.1) is 0 Å². The van der Waals surface area contributed by atoms with E-state index in [9.17, 15) is 21.6 Å². The molecule has 3 aliphatic heterocycles. The monoisotopic (exact) mass is 298 g/mol. The lowest BCUT2D eigenvalue weighted by Crippen LogP contribution is -2.47. The van der Waals surface area contributed by atoms with Crippen LogP contribution in [0.5, 0.6) is 0 Å². The van der Waals surface area contributed by atoms with Crippen LogP contribution in [0.3, 0.4) is 0 Å². The summed E-state index contributed by atoms with van der Waals surface area (Å²) >= 11 is 0. The molecule has 2 fully saturated rings. The van der Waals surface area contributed by atoms with Crippen LogP contribution in [0.15, 0.2) is 12.3 Å². The summed E-state index contributed by atoms with van der Waals surface area (Å²) in [4.78, 5) is 0. The highest BCUT2D eigenvalue weighted by molar-refractivity contribution is 7.90. The summed E-state index contributed by atoms with van der Waals surface area (Å²) in [5.41, 5.74) is -6.09. The van der Waals surface area contributed by atoms with Crippen molar-refractivity contribution in [3.05, 3.63) is 12.3 Å². The number of hydrogen-bond donors (Lipinski definition) is 1. The molecule has 9 heteroatoms. The van der Waals surface area contributed by atoms with Gasteiger partial charge >= 0.3 is 15.5 Å². The van der Waals surface area contributed by atoms with Gasteiger partial charge in [0.15, 0.2) is 0 Å². The van der Waals surface area contributed by atoms with Gasteiger partial charge < -0.3 is 10.1 Å². The number of sulfonamides is 1. The van der Waals surface area contributed by atoms with E-state index in [2.05, 4.69) is 5.32 Å². The molecule has 2 bridgehead atoms. The van der Waals surface area contributed by atoms with Crippen LogP contribution in [0.2, 0.25) is 0 Å². The number of hydrogen-bond acceptors (Lipinski definition) is 4. The molecule has 0 aromatic carbocycles. The van der Waals surface area contributed by atoms with Crippen LogP contribution >= 0.6 is 0 Å². The van der Waals surface area contributed by atoms with Crippen molar-refractivity contribution in [2.45, 2.75) is 23.6 Å². The van der Waals surface area contributed by atoms with E-state index in [1.807, 2.05) is 6.08 Å². The third kappa shape index (κ3) is 1.86. The van der Waals surface area contributed by atoms with Crippen LogP contribution in [0.25, 0.3) is 0 Å². The first-order valence-corrected chi connectivity index (χ1v) is 7.33. The highest BCUT2D eigenvalue weighted by Gasteiger charge is 2.61. The zero-order valence-electron chi connectivity index (χ0n) is 9.85. The summed E-state index contributed by atoms with van der Waals surface area (Å²) in [5, 5.41) is 2.94. The molecule has 5 nitrogen and oxygen atoms in total. The van der Waals surface area contributed by atoms with E-state index < -0.39 is 21.1 Å². The molecule has 0 amide bonds. The second-order valence-corrected chi connectivity index (χ2v) is 7.07. The first-order chi connectivity index (χ1) is 8.75. The Balaban J connectivity index is 1.86. The lowest BCUT2D eigenvalue weighted by molar-refractivity contribution is -0.0507. The maximum Gasteiger partial charge on any atom is 0.511 e. The fourth-order valence-electron chi connectivity index (χ4n) is 3.05. The highest BCUT2D eigenvalue weighted by atomic mass is 32.2. The molecule has 0 aliphatic carbocycles. The number of alkyl halides is 3. The molecule has 0 aromatic rings. The molecule has 1 spiro atoms. The van der Waals surface area contributed by atoms with Gasteiger partial charge in [0.25, 0.3) is 0 Å². The summed E-state index contributed by atoms with van der Waals surface area (Å²) in [6.45, 7) is -0.0485. The second-order valence-electron chi connectivity index (χ2n) is 5.14. The predicted molar refractivity (Wildman–Crippen MR) is 59.4 cm³/mol. The minimum absolute atomic E-state index is 0.131. The quantitative estimate of drug-likeness (QED) is 0.762. The summed E-state index contributed by atoms with van der Waals surface area (Å²) in [6.07, 6.45) is 3.93. The number of nitrogens with zero attached hydrogens (tertiary/aromatic N) is 1. The Kier molecular flexibility index (Phi) is 2.68. The molecule has 0 saturated carbocycles. The van der Waals surface area contributed by atoms with Crippen LogP contribution in [0.1, 0.15) is 6.42 Å². The standard InChI is InChI=1S/C10H13F3N2O3S/c11-10(12,13)19(16,17)15-4-7-3-8-1-2-14-5-9(7,6-15)18-8/h1-2,7-8,14H,3-6H2/t7-,8+,9+/m0/s1. The number of fused-ring (bicyclic) bond motifs is 1. The first-order valence-electron chi connectivity index (χ1n) is 5.89.